The highest BCUT2D eigenvalue weighted by molar-refractivity contribution is 6.35. The van der Waals surface area contributed by atoms with E-state index in [0.29, 0.717) is 35.7 Å². The Morgan fingerprint density at radius 1 is 1.19 bits per heavy atom. The van der Waals surface area contributed by atoms with Crippen LogP contribution in [0.1, 0.15) is 32.3 Å². The molecule has 5 heteroatoms. The lowest BCUT2D eigenvalue weighted by atomic mass is 10.1. The van der Waals surface area contributed by atoms with Crippen LogP contribution >= 0.6 is 23.2 Å². The first kappa shape index (κ1) is 18.6. The van der Waals surface area contributed by atoms with Gasteiger partial charge in [0.15, 0.2) is 0 Å². The summed E-state index contributed by atoms with van der Waals surface area (Å²) in [4.78, 5) is 0. The molecule has 0 bridgehead atoms. The summed E-state index contributed by atoms with van der Waals surface area (Å²) in [7, 11) is 1.68. The summed E-state index contributed by atoms with van der Waals surface area (Å²) in [5, 5.41) is 4.48. The van der Waals surface area contributed by atoms with Crippen molar-refractivity contribution in [2.45, 2.75) is 33.2 Å². The maximum Gasteiger partial charge on any atom is 0.142 e. The number of nitrogens with one attached hydrogen (secondary N) is 1. The summed E-state index contributed by atoms with van der Waals surface area (Å²) < 4.78 is 11.0. The van der Waals surface area contributed by atoms with Crippen LogP contribution in [0.5, 0.6) is 5.75 Å². The van der Waals surface area contributed by atoms with Gasteiger partial charge in [-0.3, -0.25) is 0 Å². The molecule has 1 aromatic carbocycles. The topological polar surface area (TPSA) is 30.5 Å². The first-order valence-corrected chi connectivity index (χ1v) is 8.18. The highest BCUT2D eigenvalue weighted by Crippen LogP contribution is 2.33. The number of benzene rings is 1. The van der Waals surface area contributed by atoms with Gasteiger partial charge in [-0.1, -0.05) is 49.9 Å². The fraction of sp³-hybridized carbons (Fsp3) is 0.625. The Kier molecular flexibility index (Phi) is 9.09. The minimum Gasteiger partial charge on any atom is -0.491 e. The Hall–Kier alpha value is -0.480. The lowest BCUT2D eigenvalue weighted by molar-refractivity contribution is 0.198. The standard InChI is InChI=1S/C16H25Cl2NO2/c1-4-12(5-2)11-21-16-13(10-19-6-7-20-3)8-14(17)9-15(16)18/h8-9,12,19H,4-7,10-11H2,1-3H3. The number of halogens is 2. The molecule has 0 saturated heterocycles. The van der Waals surface area contributed by atoms with E-state index in [-0.39, 0.29) is 0 Å². The van der Waals surface area contributed by atoms with E-state index in [2.05, 4.69) is 19.2 Å². The molecular formula is C16H25Cl2NO2. The first-order chi connectivity index (χ1) is 10.1. The van der Waals surface area contributed by atoms with Gasteiger partial charge < -0.3 is 14.8 Å². The van der Waals surface area contributed by atoms with Crippen molar-refractivity contribution in [1.29, 1.82) is 0 Å². The van der Waals surface area contributed by atoms with Crippen molar-refractivity contribution in [1.82, 2.24) is 5.32 Å². The van der Waals surface area contributed by atoms with Crippen molar-refractivity contribution in [3.63, 3.8) is 0 Å². The molecule has 21 heavy (non-hydrogen) atoms. The van der Waals surface area contributed by atoms with Crippen LogP contribution in [0.25, 0.3) is 0 Å². The second-order valence-electron chi connectivity index (χ2n) is 5.04. The van der Waals surface area contributed by atoms with Crippen molar-refractivity contribution in [2.75, 3.05) is 26.9 Å². The molecule has 0 unspecified atom stereocenters. The number of hydrogen-bond acceptors (Lipinski definition) is 3. The molecule has 1 aromatic rings. The van der Waals surface area contributed by atoms with Crippen LogP contribution in [-0.4, -0.2) is 26.9 Å². The zero-order valence-corrected chi connectivity index (χ0v) is 14.6. The van der Waals surface area contributed by atoms with Crippen molar-refractivity contribution in [2.24, 2.45) is 5.92 Å². The van der Waals surface area contributed by atoms with Gasteiger partial charge in [0.1, 0.15) is 5.75 Å². The van der Waals surface area contributed by atoms with E-state index in [4.69, 9.17) is 32.7 Å². The highest BCUT2D eigenvalue weighted by Gasteiger charge is 2.13. The minimum atomic E-state index is 0.547. The van der Waals surface area contributed by atoms with Crippen molar-refractivity contribution < 1.29 is 9.47 Å². The van der Waals surface area contributed by atoms with Gasteiger partial charge >= 0.3 is 0 Å². The molecule has 3 nitrogen and oxygen atoms in total. The van der Waals surface area contributed by atoms with Crippen molar-refractivity contribution in [3.05, 3.63) is 27.7 Å². The van der Waals surface area contributed by atoms with Gasteiger partial charge in [0.05, 0.1) is 18.2 Å². The van der Waals surface area contributed by atoms with Gasteiger partial charge in [-0.05, 0) is 18.1 Å². The highest BCUT2D eigenvalue weighted by atomic mass is 35.5. The summed E-state index contributed by atoms with van der Waals surface area (Å²) in [6.07, 6.45) is 2.20. The van der Waals surface area contributed by atoms with E-state index in [1.165, 1.54) is 0 Å². The summed E-state index contributed by atoms with van der Waals surface area (Å²) in [5.41, 5.74) is 0.981. The predicted molar refractivity (Wildman–Crippen MR) is 89.6 cm³/mol. The van der Waals surface area contributed by atoms with Crippen LogP contribution in [0.2, 0.25) is 10.0 Å². The SMILES string of the molecule is CCC(CC)COc1c(Cl)cc(Cl)cc1CNCCOC. The average molecular weight is 334 g/mol. The monoisotopic (exact) mass is 333 g/mol. The third-order valence-corrected chi connectivity index (χ3v) is 4.00. The molecule has 0 amide bonds. The van der Waals surface area contributed by atoms with Crippen LogP contribution in [0.15, 0.2) is 12.1 Å². The fourth-order valence-corrected chi connectivity index (χ4v) is 2.62. The smallest absolute Gasteiger partial charge is 0.142 e. The second kappa shape index (κ2) is 10.3. The van der Waals surface area contributed by atoms with Crippen LogP contribution in [0.3, 0.4) is 0 Å². The van der Waals surface area contributed by atoms with Crippen molar-refractivity contribution >= 4 is 23.2 Å². The molecule has 0 heterocycles. The fourth-order valence-electron chi connectivity index (χ4n) is 2.03. The molecule has 0 aliphatic heterocycles. The van der Waals surface area contributed by atoms with Crippen molar-refractivity contribution in [3.8, 4) is 5.75 Å². The molecular weight excluding hydrogens is 309 g/mol. The number of methoxy groups -OCH3 is 1. The van der Waals surface area contributed by atoms with E-state index in [1.807, 2.05) is 6.07 Å². The average Bonchev–Trinajstić information content (AvgIpc) is 2.46. The number of ether oxygens (including phenoxy) is 2. The van der Waals surface area contributed by atoms with E-state index in [1.54, 1.807) is 13.2 Å². The molecule has 0 aromatic heterocycles. The zero-order valence-electron chi connectivity index (χ0n) is 13.0. The zero-order chi connectivity index (χ0) is 15.7. The Bertz CT molecular complexity index is 423. The van der Waals surface area contributed by atoms with E-state index in [9.17, 15) is 0 Å². The molecule has 0 atom stereocenters. The Balaban J connectivity index is 2.74. The van der Waals surface area contributed by atoms with Crippen LogP contribution in [0, 0.1) is 5.92 Å². The largest absolute Gasteiger partial charge is 0.491 e. The summed E-state index contributed by atoms with van der Waals surface area (Å²) >= 11 is 12.4. The minimum absolute atomic E-state index is 0.547. The number of hydrogen-bond donors (Lipinski definition) is 1. The summed E-state index contributed by atoms with van der Waals surface area (Å²) in [6, 6.07) is 3.62. The maximum atomic E-state index is 6.28. The van der Waals surface area contributed by atoms with E-state index in [0.717, 1.165) is 30.7 Å². The molecule has 0 saturated carbocycles. The first-order valence-electron chi connectivity index (χ1n) is 7.42. The summed E-state index contributed by atoms with van der Waals surface area (Å²) in [6.45, 7) is 7.12. The van der Waals surface area contributed by atoms with Gasteiger partial charge in [-0.15, -0.1) is 0 Å². The molecule has 0 spiro atoms. The van der Waals surface area contributed by atoms with E-state index >= 15 is 0 Å². The normalized spacial score (nSPS) is 11.1. The lowest BCUT2D eigenvalue weighted by Gasteiger charge is -2.18. The number of rotatable bonds is 10. The predicted octanol–water partition coefficient (Wildman–Crippen LogP) is 4.54. The molecule has 0 aliphatic carbocycles. The van der Waals surface area contributed by atoms with Crippen LogP contribution in [-0.2, 0) is 11.3 Å². The Morgan fingerprint density at radius 3 is 2.52 bits per heavy atom. The third-order valence-electron chi connectivity index (χ3n) is 3.50. The van der Waals surface area contributed by atoms with Gasteiger partial charge in [-0.25, -0.2) is 0 Å². The lowest BCUT2D eigenvalue weighted by Crippen LogP contribution is -2.19. The summed E-state index contributed by atoms with van der Waals surface area (Å²) in [5.74, 6) is 1.28. The molecule has 1 rings (SSSR count). The van der Waals surface area contributed by atoms with Gasteiger partial charge in [0.2, 0.25) is 0 Å². The molecule has 0 fully saturated rings. The van der Waals surface area contributed by atoms with E-state index < -0.39 is 0 Å². The van der Waals surface area contributed by atoms with Crippen LogP contribution in [0.4, 0.5) is 0 Å². The van der Waals surface area contributed by atoms with Gasteiger partial charge in [0, 0.05) is 30.8 Å². The molecule has 0 radical (unpaired) electrons. The Labute approximate surface area is 137 Å². The third kappa shape index (κ3) is 6.43. The van der Waals surface area contributed by atoms with Gasteiger partial charge in [-0.2, -0.15) is 0 Å². The maximum absolute atomic E-state index is 6.28. The second-order valence-corrected chi connectivity index (χ2v) is 5.88. The quantitative estimate of drug-likeness (QED) is 0.637. The molecule has 1 N–H and O–H groups in total. The van der Waals surface area contributed by atoms with Gasteiger partial charge in [0.25, 0.3) is 0 Å². The molecule has 120 valence electrons. The Morgan fingerprint density at radius 2 is 1.90 bits per heavy atom. The molecule has 0 aliphatic rings. The van der Waals surface area contributed by atoms with Crippen LogP contribution < -0.4 is 10.1 Å².